The van der Waals surface area contributed by atoms with E-state index in [1.165, 1.54) is 36.8 Å². The summed E-state index contributed by atoms with van der Waals surface area (Å²) in [7, 11) is 1.80. The first-order valence-electron chi connectivity index (χ1n) is 31.9. The Hall–Kier alpha value is -9.55. The van der Waals surface area contributed by atoms with E-state index in [9.17, 15) is 72.5 Å². The number of hydrogen-bond donors (Lipinski definition) is 19. The SMILES string of the molecule is CC[C@H](C)[C@@H]1NC(=O)[C@H](CCCCN)NC(=O)[C@H](Cc2ccccc2)NC(=O)CNC(=O)[C@H](Cc2ccc(O)cc2)NC(=O)[C@H](CC(C)C)NC(=O)[C@H](CCCN=C(N)N)NC(=O)[C@@H](NC(=O)CN)CSSC[C@@H](C(=O)NCC(=O)O)NC(=O)CNC(=O)[C@H](Cc2cnc[nH]2)NC1=O. The first kappa shape index (κ1) is 80.9. The molecule has 10 atom stereocenters. The van der Waals surface area contributed by atoms with Crippen molar-refractivity contribution in [1.29, 1.82) is 0 Å². The number of nitrogens with one attached hydrogen (secondary N) is 13. The normalized spacial score (nSPS) is 22.5. The summed E-state index contributed by atoms with van der Waals surface area (Å²) in [5.41, 5.74) is 24.0. The van der Waals surface area contributed by atoms with E-state index in [2.05, 4.69) is 78.8 Å². The number of aliphatic imine (C=N–C) groups is 1. The predicted octanol–water partition coefficient (Wildman–Crippen LogP) is -4.43. The first-order valence-corrected chi connectivity index (χ1v) is 34.4. The zero-order valence-corrected chi connectivity index (χ0v) is 56.8. The Labute approximate surface area is 574 Å². The maximum Gasteiger partial charge on any atom is 0.322 e. The lowest BCUT2D eigenvalue weighted by atomic mass is 9.96. The average Bonchev–Trinajstić information content (AvgIpc) is 1.26. The highest BCUT2D eigenvalue weighted by Gasteiger charge is 2.36. The lowest BCUT2D eigenvalue weighted by Gasteiger charge is -2.29. The molecule has 0 bridgehead atoms. The second kappa shape index (κ2) is 42.9. The van der Waals surface area contributed by atoms with Gasteiger partial charge in [-0.05, 0) is 80.2 Å². The topological polar surface area (TPSA) is 552 Å². The van der Waals surface area contributed by atoms with Crippen LogP contribution >= 0.6 is 21.6 Å². The van der Waals surface area contributed by atoms with Gasteiger partial charge in [0.2, 0.25) is 70.9 Å². The number of aromatic amines is 1. The standard InChI is InChI=1S/C62H93N19O15S2/c1-5-35(4)52-61(96)80-45(25-38-27-67-33-72-38)54(89)70-29-50(85)75-46(55(90)71-30-51(86)87)31-97-98-32-47(74-48(83)26-64)60(95)77-41(15-11-21-68-62(65)66)56(91)78-42(22-34(2)3)58(93)79-43(24-37-16-18-39(82)19-17-37)53(88)69-28-49(84)73-44(23-36-12-7-6-8-13-36)59(94)76-40(57(92)81-52)14-9-10-20-63/h6-8,12-13,16-19,27,33-35,40-47,52,82H,5,9-11,14-15,20-26,28-32,63-64H2,1-4H3,(H,67,72)(H,69,88)(H,70,89)(H,71,90)(H,73,84)(H,74,83)(H,75,85)(H,76,94)(H,77,95)(H,78,91)(H,79,93)(H,80,96)(H,81,92)(H,86,87)(H4,65,66,68)/t35-,40-,41-,42-,43-,44-,45-,46-,47-,52-/m0/s1. The summed E-state index contributed by atoms with van der Waals surface area (Å²) in [6.45, 7) is 4.12. The van der Waals surface area contributed by atoms with E-state index in [1.807, 2.05) is 0 Å². The first-order chi connectivity index (χ1) is 46.7. The summed E-state index contributed by atoms with van der Waals surface area (Å²) in [5.74, 6) is -13.9. The molecule has 2 heterocycles. The smallest absolute Gasteiger partial charge is 0.322 e. The van der Waals surface area contributed by atoms with Crippen molar-refractivity contribution in [1.82, 2.24) is 73.8 Å². The van der Waals surface area contributed by atoms with E-state index in [-0.39, 0.29) is 87.2 Å². The van der Waals surface area contributed by atoms with Crippen LogP contribution in [0.4, 0.5) is 0 Å². The van der Waals surface area contributed by atoms with Gasteiger partial charge >= 0.3 is 5.97 Å². The van der Waals surface area contributed by atoms with Gasteiger partial charge in [0.25, 0.3) is 0 Å². The number of amides is 12. The van der Waals surface area contributed by atoms with Crippen LogP contribution in [0.25, 0.3) is 0 Å². The number of aromatic hydroxyl groups is 1. The summed E-state index contributed by atoms with van der Waals surface area (Å²) >= 11 is 0. The maximum atomic E-state index is 14.6. The summed E-state index contributed by atoms with van der Waals surface area (Å²) in [4.78, 5) is 192. The van der Waals surface area contributed by atoms with Crippen LogP contribution in [0.1, 0.15) is 89.5 Å². The van der Waals surface area contributed by atoms with Crippen molar-refractivity contribution in [3.05, 3.63) is 83.9 Å². The summed E-state index contributed by atoms with van der Waals surface area (Å²) in [6.07, 6.45) is 3.08. The molecule has 12 amide bonds. The second-order valence-corrected chi connectivity index (χ2v) is 26.1. The third-order valence-corrected chi connectivity index (χ3v) is 17.6. The van der Waals surface area contributed by atoms with Gasteiger partial charge in [-0.15, -0.1) is 0 Å². The molecule has 538 valence electrons. The van der Waals surface area contributed by atoms with E-state index < -0.39 is 163 Å². The fraction of sp³-hybridized carbons (Fsp3) is 0.532. The number of carboxylic acid groups (broad SMARTS) is 1. The molecule has 1 saturated heterocycles. The molecule has 0 aliphatic carbocycles. The van der Waals surface area contributed by atoms with Gasteiger partial charge in [0.15, 0.2) is 5.96 Å². The number of nitrogens with zero attached hydrogens (tertiary/aromatic N) is 2. The van der Waals surface area contributed by atoms with E-state index in [0.29, 0.717) is 36.1 Å². The molecule has 3 aromatic rings. The van der Waals surface area contributed by atoms with Crippen molar-refractivity contribution in [2.75, 3.05) is 50.8 Å². The Kier molecular flexibility index (Phi) is 35.4. The zero-order chi connectivity index (χ0) is 72.3. The van der Waals surface area contributed by atoms with Crippen LogP contribution in [0, 0.1) is 11.8 Å². The van der Waals surface area contributed by atoms with Gasteiger partial charge in [0, 0.05) is 49.2 Å². The number of rotatable bonds is 23. The molecule has 1 aliphatic heterocycles. The van der Waals surface area contributed by atoms with Crippen molar-refractivity contribution in [3.8, 4) is 5.75 Å². The minimum absolute atomic E-state index is 0.00122. The summed E-state index contributed by atoms with van der Waals surface area (Å²) < 4.78 is 0. The number of carboxylic acids is 1. The Bertz CT molecular complexity index is 3180. The number of phenols is 1. The number of H-pyrrole nitrogens is 1. The monoisotopic (exact) mass is 1410 g/mol. The van der Waals surface area contributed by atoms with Crippen molar-refractivity contribution in [2.45, 2.75) is 146 Å². The third kappa shape index (κ3) is 29.8. The molecule has 1 aromatic heterocycles. The lowest BCUT2D eigenvalue weighted by molar-refractivity contribution is -0.138. The molecule has 1 fully saturated rings. The van der Waals surface area contributed by atoms with E-state index in [4.69, 9.17) is 22.9 Å². The largest absolute Gasteiger partial charge is 0.508 e. The van der Waals surface area contributed by atoms with E-state index >= 15 is 0 Å². The Morgan fingerprint density at radius 2 is 1.17 bits per heavy atom. The van der Waals surface area contributed by atoms with E-state index in [0.717, 1.165) is 21.6 Å². The van der Waals surface area contributed by atoms with Gasteiger partial charge < -0.3 is 102 Å². The summed E-state index contributed by atoms with van der Waals surface area (Å²) in [5, 5.41) is 50.4. The zero-order valence-electron chi connectivity index (χ0n) is 55.2. The number of aromatic nitrogens is 2. The molecule has 34 nitrogen and oxygen atoms in total. The molecule has 0 spiro atoms. The minimum Gasteiger partial charge on any atom is -0.508 e. The van der Waals surface area contributed by atoms with Crippen LogP contribution in [0.5, 0.6) is 5.75 Å². The molecule has 4 rings (SSSR count). The highest BCUT2D eigenvalue weighted by molar-refractivity contribution is 8.76. The fourth-order valence-electron chi connectivity index (χ4n) is 9.71. The molecule has 0 unspecified atom stereocenters. The second-order valence-electron chi connectivity index (χ2n) is 23.6. The molecule has 36 heteroatoms. The Morgan fingerprint density at radius 1 is 0.633 bits per heavy atom. The van der Waals surface area contributed by atoms with Crippen LogP contribution in [0.15, 0.2) is 72.1 Å². The number of imidazole rings is 1. The summed E-state index contributed by atoms with van der Waals surface area (Å²) in [6, 6.07) is 1.39. The van der Waals surface area contributed by atoms with Crippen LogP contribution in [-0.4, -0.2) is 208 Å². The number of hydrogen-bond acceptors (Lipinski definition) is 20. The van der Waals surface area contributed by atoms with Crippen LogP contribution in [-0.2, 0) is 81.6 Å². The van der Waals surface area contributed by atoms with E-state index in [1.54, 1.807) is 58.0 Å². The Morgan fingerprint density at radius 3 is 1.77 bits per heavy atom. The lowest BCUT2D eigenvalue weighted by Crippen LogP contribution is -2.60. The fourth-order valence-corrected chi connectivity index (χ4v) is 12.0. The molecule has 23 N–H and O–H groups in total. The van der Waals surface area contributed by atoms with Crippen molar-refractivity contribution >= 4 is 104 Å². The number of unbranched alkanes of at least 4 members (excludes halogenated alkanes) is 1. The molecule has 1 aliphatic rings. The highest BCUT2D eigenvalue weighted by atomic mass is 33.1. The number of guanidine groups is 1. The quantitative estimate of drug-likeness (QED) is 0.0184. The number of carbonyl (C=O) groups excluding carboxylic acids is 12. The van der Waals surface area contributed by atoms with Gasteiger partial charge in [-0.1, -0.05) is 98.2 Å². The number of aliphatic carboxylic acids is 1. The van der Waals surface area contributed by atoms with Crippen LogP contribution < -0.4 is 86.7 Å². The minimum atomic E-state index is -1.50. The number of carbonyl (C=O) groups is 13. The Balaban J connectivity index is 1.83. The molecular weight excluding hydrogens is 1310 g/mol. The average molecular weight is 1410 g/mol. The van der Waals surface area contributed by atoms with Gasteiger partial charge in [-0.25, -0.2) is 4.98 Å². The number of nitrogens with two attached hydrogens (primary N) is 4. The van der Waals surface area contributed by atoms with Gasteiger partial charge in [0.05, 0.1) is 26.0 Å². The van der Waals surface area contributed by atoms with Crippen molar-refractivity contribution in [3.63, 3.8) is 0 Å². The molecule has 0 radical (unpaired) electrons. The van der Waals surface area contributed by atoms with Gasteiger partial charge in [-0.2, -0.15) is 0 Å². The van der Waals surface area contributed by atoms with Crippen LogP contribution in [0.2, 0.25) is 0 Å². The third-order valence-electron chi connectivity index (χ3n) is 15.1. The number of benzene rings is 2. The van der Waals surface area contributed by atoms with Gasteiger partial charge in [-0.3, -0.25) is 67.3 Å². The highest BCUT2D eigenvalue weighted by Crippen LogP contribution is 2.24. The van der Waals surface area contributed by atoms with Crippen LogP contribution in [0.3, 0.4) is 0 Å². The van der Waals surface area contributed by atoms with Gasteiger partial charge in [0.1, 0.15) is 66.7 Å². The molecular formula is C62H93N19O15S2. The molecule has 98 heavy (non-hydrogen) atoms. The van der Waals surface area contributed by atoms with Crippen molar-refractivity contribution in [2.24, 2.45) is 39.8 Å². The predicted molar refractivity (Wildman–Crippen MR) is 364 cm³/mol. The van der Waals surface area contributed by atoms with Crippen molar-refractivity contribution < 1.29 is 72.5 Å². The molecule has 2 aromatic carbocycles. The molecule has 0 saturated carbocycles. The number of phenolic OH excluding ortho intramolecular Hbond substituents is 1. The maximum absolute atomic E-state index is 14.6.